The molecular formula is C15H26O. The Morgan fingerprint density at radius 3 is 2.62 bits per heavy atom. The zero-order chi connectivity index (χ0) is 12.3. The third kappa shape index (κ3) is 2.98. The topological polar surface area (TPSA) is 20.2 Å². The second kappa shape index (κ2) is 5.67. The number of hydrogen-bond acceptors (Lipinski definition) is 1. The van der Waals surface area contributed by atoms with Crippen molar-refractivity contribution in [2.45, 2.75) is 59.5 Å². The van der Waals surface area contributed by atoms with E-state index in [1.165, 1.54) is 18.4 Å². The molecule has 3 unspecified atom stereocenters. The molecule has 92 valence electrons. The van der Waals surface area contributed by atoms with Crippen molar-refractivity contribution in [1.29, 1.82) is 0 Å². The molecule has 0 radical (unpaired) electrons. The van der Waals surface area contributed by atoms with E-state index in [0.29, 0.717) is 5.92 Å². The summed E-state index contributed by atoms with van der Waals surface area (Å²) in [4.78, 5) is 0. The van der Waals surface area contributed by atoms with Crippen molar-refractivity contribution in [3.05, 3.63) is 23.3 Å². The minimum Gasteiger partial charge on any atom is -0.393 e. The number of aliphatic hydroxyl groups is 1. The van der Waals surface area contributed by atoms with Gasteiger partial charge in [-0.3, -0.25) is 0 Å². The molecule has 0 aromatic heterocycles. The van der Waals surface area contributed by atoms with Crippen LogP contribution in [0.1, 0.15) is 53.4 Å². The number of aliphatic hydroxyl groups excluding tert-OH is 1. The van der Waals surface area contributed by atoms with E-state index < -0.39 is 0 Å². The van der Waals surface area contributed by atoms with Crippen LogP contribution in [0.2, 0.25) is 0 Å². The predicted molar refractivity (Wildman–Crippen MR) is 70.3 cm³/mol. The Morgan fingerprint density at radius 2 is 2.19 bits per heavy atom. The van der Waals surface area contributed by atoms with Gasteiger partial charge in [0.1, 0.15) is 0 Å². The molecule has 1 nitrogen and oxygen atoms in total. The molecule has 0 bridgehead atoms. The molecule has 1 aliphatic carbocycles. The molecule has 1 aliphatic rings. The Bertz CT molecular complexity index is 286. The highest BCUT2D eigenvalue weighted by atomic mass is 16.3. The van der Waals surface area contributed by atoms with Crippen LogP contribution in [0.3, 0.4) is 0 Å². The summed E-state index contributed by atoms with van der Waals surface area (Å²) in [5, 5.41) is 9.40. The summed E-state index contributed by atoms with van der Waals surface area (Å²) in [5.74, 6) is 1.31. The third-order valence-electron chi connectivity index (χ3n) is 3.98. The zero-order valence-electron chi connectivity index (χ0n) is 11.2. The quantitative estimate of drug-likeness (QED) is 0.695. The average molecular weight is 222 g/mol. The zero-order valence-corrected chi connectivity index (χ0v) is 11.2. The van der Waals surface area contributed by atoms with Gasteiger partial charge < -0.3 is 5.11 Å². The highest BCUT2D eigenvalue weighted by Crippen LogP contribution is 2.43. The molecule has 0 spiro atoms. The largest absolute Gasteiger partial charge is 0.393 e. The fourth-order valence-corrected chi connectivity index (χ4v) is 2.85. The van der Waals surface area contributed by atoms with E-state index in [9.17, 15) is 5.11 Å². The van der Waals surface area contributed by atoms with Crippen molar-refractivity contribution in [3.8, 4) is 0 Å². The van der Waals surface area contributed by atoms with E-state index in [0.717, 1.165) is 18.8 Å². The van der Waals surface area contributed by atoms with Crippen molar-refractivity contribution in [1.82, 2.24) is 0 Å². The molecule has 0 amide bonds. The van der Waals surface area contributed by atoms with Crippen molar-refractivity contribution in [3.63, 3.8) is 0 Å². The van der Waals surface area contributed by atoms with Crippen LogP contribution in [0.15, 0.2) is 23.3 Å². The van der Waals surface area contributed by atoms with Crippen LogP contribution in [0, 0.1) is 11.8 Å². The summed E-state index contributed by atoms with van der Waals surface area (Å²) in [7, 11) is 0. The molecule has 1 N–H and O–H groups in total. The van der Waals surface area contributed by atoms with Crippen LogP contribution in [-0.4, -0.2) is 11.2 Å². The summed E-state index contributed by atoms with van der Waals surface area (Å²) in [6, 6.07) is 0. The second-order valence-electron chi connectivity index (χ2n) is 5.34. The van der Waals surface area contributed by atoms with E-state index >= 15 is 0 Å². The Kier molecular flexibility index (Phi) is 4.79. The Labute approximate surface area is 100 Å². The summed E-state index contributed by atoms with van der Waals surface area (Å²) in [5.41, 5.74) is 4.41. The minimum atomic E-state index is -0.188. The van der Waals surface area contributed by atoms with Crippen molar-refractivity contribution in [2.24, 2.45) is 11.8 Å². The molecule has 0 saturated heterocycles. The highest BCUT2D eigenvalue weighted by molar-refractivity contribution is 5.30. The molecule has 3 atom stereocenters. The van der Waals surface area contributed by atoms with Gasteiger partial charge in [0.2, 0.25) is 0 Å². The maximum absolute atomic E-state index is 9.40. The van der Waals surface area contributed by atoms with Crippen LogP contribution < -0.4 is 0 Å². The van der Waals surface area contributed by atoms with E-state index in [1.54, 1.807) is 11.1 Å². The summed E-state index contributed by atoms with van der Waals surface area (Å²) < 4.78 is 0. The van der Waals surface area contributed by atoms with Gasteiger partial charge in [-0.15, -0.1) is 0 Å². The Morgan fingerprint density at radius 1 is 1.56 bits per heavy atom. The number of rotatable bonds is 5. The van der Waals surface area contributed by atoms with Crippen LogP contribution >= 0.6 is 0 Å². The van der Waals surface area contributed by atoms with E-state index in [1.807, 2.05) is 6.92 Å². The van der Waals surface area contributed by atoms with Crippen LogP contribution in [-0.2, 0) is 0 Å². The van der Waals surface area contributed by atoms with Gasteiger partial charge in [-0.25, -0.2) is 0 Å². The lowest BCUT2D eigenvalue weighted by Gasteiger charge is -2.16. The molecular weight excluding hydrogens is 196 g/mol. The Hall–Kier alpha value is -0.560. The molecule has 0 fully saturated rings. The SMILES string of the molecule is C=C(C)C1CC(CC)C(C)=C1CCC(C)O. The average Bonchev–Trinajstić information content (AvgIpc) is 2.52. The standard InChI is InChI=1S/C15H26O/c1-6-13-9-15(10(2)3)14(12(13)5)8-7-11(4)16/h11,13,15-16H,2,6-9H2,1,3-5H3. The number of allylic oxidation sites excluding steroid dienone is 3. The molecule has 1 heteroatoms. The predicted octanol–water partition coefficient (Wildman–Crippen LogP) is 4.09. The minimum absolute atomic E-state index is 0.188. The molecule has 0 saturated carbocycles. The fraction of sp³-hybridized carbons (Fsp3) is 0.733. The van der Waals surface area contributed by atoms with E-state index in [2.05, 4.69) is 27.4 Å². The van der Waals surface area contributed by atoms with Gasteiger partial charge in [-0.1, -0.05) is 30.2 Å². The first kappa shape index (κ1) is 13.5. The molecule has 0 aromatic carbocycles. The summed E-state index contributed by atoms with van der Waals surface area (Å²) in [6.07, 6.45) is 4.21. The van der Waals surface area contributed by atoms with E-state index in [4.69, 9.17) is 0 Å². The number of hydrogen-bond donors (Lipinski definition) is 1. The fourth-order valence-electron chi connectivity index (χ4n) is 2.85. The maximum atomic E-state index is 9.40. The van der Waals surface area contributed by atoms with Gasteiger partial charge in [0, 0.05) is 5.92 Å². The second-order valence-corrected chi connectivity index (χ2v) is 5.34. The first-order valence-electron chi connectivity index (χ1n) is 6.50. The summed E-state index contributed by atoms with van der Waals surface area (Å²) in [6.45, 7) is 12.7. The van der Waals surface area contributed by atoms with Crippen LogP contribution in [0.25, 0.3) is 0 Å². The van der Waals surface area contributed by atoms with Gasteiger partial charge in [0.15, 0.2) is 0 Å². The lowest BCUT2D eigenvalue weighted by Crippen LogP contribution is -2.05. The van der Waals surface area contributed by atoms with Gasteiger partial charge in [-0.2, -0.15) is 0 Å². The Balaban J connectivity index is 2.79. The molecule has 16 heavy (non-hydrogen) atoms. The van der Waals surface area contributed by atoms with E-state index in [-0.39, 0.29) is 6.10 Å². The lowest BCUT2D eigenvalue weighted by atomic mass is 9.90. The third-order valence-corrected chi connectivity index (χ3v) is 3.98. The van der Waals surface area contributed by atoms with Crippen LogP contribution in [0.4, 0.5) is 0 Å². The van der Waals surface area contributed by atoms with Crippen molar-refractivity contribution >= 4 is 0 Å². The van der Waals surface area contributed by atoms with Crippen LogP contribution in [0.5, 0.6) is 0 Å². The molecule has 0 aliphatic heterocycles. The van der Waals surface area contributed by atoms with Gasteiger partial charge >= 0.3 is 0 Å². The lowest BCUT2D eigenvalue weighted by molar-refractivity contribution is 0.184. The monoisotopic (exact) mass is 222 g/mol. The highest BCUT2D eigenvalue weighted by Gasteiger charge is 2.30. The first-order valence-corrected chi connectivity index (χ1v) is 6.50. The van der Waals surface area contributed by atoms with Gasteiger partial charge in [0.05, 0.1) is 6.10 Å². The smallest absolute Gasteiger partial charge is 0.0515 e. The molecule has 0 aromatic rings. The maximum Gasteiger partial charge on any atom is 0.0515 e. The van der Waals surface area contributed by atoms with Gasteiger partial charge in [0.25, 0.3) is 0 Å². The molecule has 0 heterocycles. The summed E-state index contributed by atoms with van der Waals surface area (Å²) >= 11 is 0. The van der Waals surface area contributed by atoms with Gasteiger partial charge in [-0.05, 0) is 52.4 Å². The first-order chi connectivity index (χ1) is 7.47. The van der Waals surface area contributed by atoms with Crippen molar-refractivity contribution in [2.75, 3.05) is 0 Å². The molecule has 1 rings (SSSR count). The normalized spacial score (nSPS) is 27.3. The van der Waals surface area contributed by atoms with Crippen molar-refractivity contribution < 1.29 is 5.11 Å².